The molecule has 2 rings (SSSR count). The summed E-state index contributed by atoms with van der Waals surface area (Å²) in [4.78, 5) is 6.87. The predicted molar refractivity (Wildman–Crippen MR) is 127 cm³/mol. The van der Waals surface area contributed by atoms with Crippen LogP contribution >= 0.6 is 24.0 Å². The maximum Gasteiger partial charge on any atom is 0.191 e. The molecule has 0 spiro atoms. The normalized spacial score (nSPS) is 16.2. The van der Waals surface area contributed by atoms with Crippen molar-refractivity contribution in [2.75, 3.05) is 46.5 Å². The molecule has 1 saturated heterocycles. The Morgan fingerprint density at radius 3 is 2.64 bits per heavy atom. The van der Waals surface area contributed by atoms with E-state index in [9.17, 15) is 0 Å². The summed E-state index contributed by atoms with van der Waals surface area (Å²) in [5.74, 6) is 2.22. The van der Waals surface area contributed by atoms with E-state index in [1.807, 2.05) is 18.2 Å². The lowest BCUT2D eigenvalue weighted by Crippen LogP contribution is -2.52. The molecule has 2 N–H and O–H groups in total. The molecule has 1 aliphatic heterocycles. The highest BCUT2D eigenvalue weighted by Crippen LogP contribution is 2.17. The van der Waals surface area contributed by atoms with Gasteiger partial charge in [0, 0.05) is 44.8 Å². The van der Waals surface area contributed by atoms with Crippen LogP contribution in [0.4, 0.5) is 0 Å². The molecule has 1 fully saturated rings. The van der Waals surface area contributed by atoms with Gasteiger partial charge in [0.25, 0.3) is 0 Å². The SMILES string of the molecule is C=CCOc1ccccc1CNC(=NC)NCC(C(C)C)N1CCOCC1.I. The van der Waals surface area contributed by atoms with Crippen molar-refractivity contribution in [2.24, 2.45) is 10.9 Å². The van der Waals surface area contributed by atoms with Gasteiger partial charge < -0.3 is 20.1 Å². The largest absolute Gasteiger partial charge is 0.489 e. The van der Waals surface area contributed by atoms with Gasteiger partial charge in [-0.2, -0.15) is 0 Å². The van der Waals surface area contributed by atoms with Crippen LogP contribution in [-0.4, -0.2) is 63.4 Å². The summed E-state index contributed by atoms with van der Waals surface area (Å²) in [6, 6.07) is 8.48. The fourth-order valence-corrected chi connectivity index (χ4v) is 3.24. The van der Waals surface area contributed by atoms with Crippen LogP contribution in [-0.2, 0) is 11.3 Å². The van der Waals surface area contributed by atoms with Crippen LogP contribution in [0.15, 0.2) is 41.9 Å². The molecule has 1 heterocycles. The zero-order valence-electron chi connectivity index (χ0n) is 17.3. The molecule has 6 nitrogen and oxygen atoms in total. The van der Waals surface area contributed by atoms with E-state index in [1.54, 1.807) is 13.1 Å². The third kappa shape index (κ3) is 7.97. The van der Waals surface area contributed by atoms with Crippen molar-refractivity contribution in [3.63, 3.8) is 0 Å². The van der Waals surface area contributed by atoms with E-state index >= 15 is 0 Å². The van der Waals surface area contributed by atoms with Gasteiger partial charge in [-0.15, -0.1) is 24.0 Å². The summed E-state index contributed by atoms with van der Waals surface area (Å²) in [6.07, 6.45) is 1.75. The minimum atomic E-state index is 0. The molecular formula is C21H35IN4O2. The highest BCUT2D eigenvalue weighted by Gasteiger charge is 2.23. The van der Waals surface area contributed by atoms with Crippen molar-refractivity contribution in [2.45, 2.75) is 26.4 Å². The second kappa shape index (κ2) is 13.8. The molecule has 1 atom stereocenters. The van der Waals surface area contributed by atoms with E-state index in [4.69, 9.17) is 9.47 Å². The van der Waals surface area contributed by atoms with Crippen LogP contribution in [0.3, 0.4) is 0 Å². The molecule has 0 aromatic heterocycles. The maximum atomic E-state index is 5.72. The van der Waals surface area contributed by atoms with Crippen LogP contribution in [0.2, 0.25) is 0 Å². The molecule has 1 aromatic rings. The molecular weight excluding hydrogens is 467 g/mol. The number of morpholine rings is 1. The topological polar surface area (TPSA) is 58.1 Å². The second-order valence-electron chi connectivity index (χ2n) is 6.97. The first-order chi connectivity index (χ1) is 13.2. The summed E-state index contributed by atoms with van der Waals surface area (Å²) in [7, 11) is 1.80. The number of para-hydroxylation sites is 1. The van der Waals surface area contributed by atoms with E-state index in [1.165, 1.54) is 0 Å². The Labute approximate surface area is 186 Å². The molecule has 0 radical (unpaired) electrons. The number of hydrogen-bond acceptors (Lipinski definition) is 4. The van der Waals surface area contributed by atoms with Gasteiger partial charge in [-0.25, -0.2) is 0 Å². The van der Waals surface area contributed by atoms with Gasteiger partial charge >= 0.3 is 0 Å². The number of ether oxygens (including phenoxy) is 2. The number of guanidine groups is 1. The van der Waals surface area contributed by atoms with E-state index in [-0.39, 0.29) is 24.0 Å². The van der Waals surface area contributed by atoms with Gasteiger partial charge in [0.15, 0.2) is 5.96 Å². The molecule has 0 bridgehead atoms. The van der Waals surface area contributed by atoms with Crippen molar-refractivity contribution >= 4 is 29.9 Å². The number of rotatable bonds is 9. The Morgan fingerprint density at radius 1 is 1.29 bits per heavy atom. The van der Waals surface area contributed by atoms with Crippen molar-refractivity contribution in [1.82, 2.24) is 15.5 Å². The lowest BCUT2D eigenvalue weighted by molar-refractivity contribution is 0.00752. The summed E-state index contributed by atoms with van der Waals surface area (Å²) >= 11 is 0. The van der Waals surface area contributed by atoms with Gasteiger partial charge in [0.1, 0.15) is 12.4 Å². The highest BCUT2D eigenvalue weighted by atomic mass is 127. The summed E-state index contributed by atoms with van der Waals surface area (Å²) < 4.78 is 11.2. The van der Waals surface area contributed by atoms with Gasteiger partial charge in [0.05, 0.1) is 13.2 Å². The van der Waals surface area contributed by atoms with E-state index in [0.29, 0.717) is 25.1 Å². The van der Waals surface area contributed by atoms with Gasteiger partial charge in [0.2, 0.25) is 0 Å². The first-order valence-electron chi connectivity index (χ1n) is 9.73. The van der Waals surface area contributed by atoms with E-state index in [2.05, 4.69) is 47.0 Å². The Hall–Kier alpha value is -1.32. The first kappa shape index (κ1) is 24.7. The monoisotopic (exact) mass is 502 g/mol. The predicted octanol–water partition coefficient (Wildman–Crippen LogP) is 2.89. The third-order valence-electron chi connectivity index (χ3n) is 4.76. The lowest BCUT2D eigenvalue weighted by Gasteiger charge is -2.37. The van der Waals surface area contributed by atoms with Crippen LogP contribution in [0.1, 0.15) is 19.4 Å². The van der Waals surface area contributed by atoms with E-state index < -0.39 is 0 Å². The fraction of sp³-hybridized carbons (Fsp3) is 0.571. The molecule has 0 saturated carbocycles. The molecule has 7 heteroatoms. The average molecular weight is 502 g/mol. The van der Waals surface area contributed by atoms with Gasteiger partial charge in [-0.1, -0.05) is 44.7 Å². The van der Waals surface area contributed by atoms with Crippen molar-refractivity contribution < 1.29 is 9.47 Å². The molecule has 1 unspecified atom stereocenters. The maximum absolute atomic E-state index is 5.72. The molecule has 28 heavy (non-hydrogen) atoms. The van der Waals surface area contributed by atoms with Crippen molar-refractivity contribution in [3.8, 4) is 5.75 Å². The number of benzene rings is 1. The van der Waals surface area contributed by atoms with Crippen molar-refractivity contribution in [1.29, 1.82) is 0 Å². The summed E-state index contributed by atoms with van der Waals surface area (Å²) in [6.45, 7) is 13.9. The number of hydrogen-bond donors (Lipinski definition) is 2. The Balaban J connectivity index is 0.00000392. The Bertz CT molecular complexity index is 604. The number of nitrogens with zero attached hydrogens (tertiary/aromatic N) is 2. The number of nitrogens with one attached hydrogen (secondary N) is 2. The first-order valence-corrected chi connectivity index (χ1v) is 9.73. The second-order valence-corrected chi connectivity index (χ2v) is 6.97. The number of halogens is 1. The Kier molecular flexibility index (Phi) is 12.2. The zero-order valence-corrected chi connectivity index (χ0v) is 19.6. The van der Waals surface area contributed by atoms with Gasteiger partial charge in [-0.05, 0) is 12.0 Å². The zero-order chi connectivity index (χ0) is 19.5. The number of aliphatic imine (C=N–C) groups is 1. The summed E-state index contributed by atoms with van der Waals surface area (Å²) in [5.41, 5.74) is 1.09. The average Bonchev–Trinajstić information content (AvgIpc) is 2.70. The minimum absolute atomic E-state index is 0. The van der Waals surface area contributed by atoms with Crippen molar-refractivity contribution in [3.05, 3.63) is 42.5 Å². The van der Waals surface area contributed by atoms with E-state index in [0.717, 1.165) is 50.1 Å². The summed E-state index contributed by atoms with van der Waals surface area (Å²) in [5, 5.41) is 6.87. The molecule has 0 amide bonds. The molecule has 1 aliphatic rings. The standard InChI is InChI=1S/C21H34N4O2.HI/c1-5-12-27-20-9-7-6-8-18(20)15-23-21(22-4)24-16-19(17(2)3)25-10-13-26-14-11-25;/h5-9,17,19H,1,10-16H2,2-4H3,(H2,22,23,24);1H. The molecule has 0 aliphatic carbocycles. The van der Waals surface area contributed by atoms with Gasteiger partial charge in [-0.3, -0.25) is 9.89 Å². The quantitative estimate of drug-likeness (QED) is 0.236. The van der Waals surface area contributed by atoms with Crippen LogP contribution in [0, 0.1) is 5.92 Å². The highest BCUT2D eigenvalue weighted by molar-refractivity contribution is 14.0. The third-order valence-corrected chi connectivity index (χ3v) is 4.76. The lowest BCUT2D eigenvalue weighted by atomic mass is 10.0. The molecule has 1 aromatic carbocycles. The minimum Gasteiger partial charge on any atom is -0.489 e. The Morgan fingerprint density at radius 2 is 2.00 bits per heavy atom. The molecule has 158 valence electrons. The fourth-order valence-electron chi connectivity index (χ4n) is 3.24. The smallest absolute Gasteiger partial charge is 0.191 e. The van der Waals surface area contributed by atoms with Crippen LogP contribution in [0.5, 0.6) is 5.75 Å². The van der Waals surface area contributed by atoms with Crippen LogP contribution in [0.25, 0.3) is 0 Å². The van der Waals surface area contributed by atoms with Crippen LogP contribution < -0.4 is 15.4 Å².